The molecule has 0 radical (unpaired) electrons. The minimum atomic E-state index is -0.649. The van der Waals surface area contributed by atoms with Crippen LogP contribution in [0.25, 0.3) is 0 Å². The Bertz CT molecular complexity index is 246. The van der Waals surface area contributed by atoms with E-state index in [1.165, 1.54) is 0 Å². The molecule has 14 heavy (non-hydrogen) atoms. The van der Waals surface area contributed by atoms with Gasteiger partial charge in [0.15, 0.2) is 0 Å². The Morgan fingerprint density at radius 1 is 1.29 bits per heavy atom. The van der Waals surface area contributed by atoms with Gasteiger partial charge in [0.1, 0.15) is 6.10 Å². The Labute approximate surface area is 84.0 Å². The molecule has 2 unspecified atom stereocenters. The first-order chi connectivity index (χ1) is 6.74. The van der Waals surface area contributed by atoms with Crippen LogP contribution < -0.4 is 0 Å². The Hall–Kier alpha value is -0.900. The molecule has 2 atom stereocenters. The van der Waals surface area contributed by atoms with Gasteiger partial charge in [-0.25, -0.2) is 0 Å². The van der Waals surface area contributed by atoms with Crippen molar-refractivity contribution in [2.45, 2.75) is 25.7 Å². The molecular weight excluding hydrogens is 180 g/mol. The summed E-state index contributed by atoms with van der Waals surface area (Å²) in [4.78, 5) is 0. The zero-order chi connectivity index (χ0) is 10.4. The molecule has 1 aromatic carbocycles. The number of hydrogen-bond donors (Lipinski definition) is 2. The average Bonchev–Trinajstić information content (AvgIpc) is 2.20. The van der Waals surface area contributed by atoms with Crippen molar-refractivity contribution in [2.24, 2.45) is 0 Å². The number of aliphatic hydroxyl groups excluding tert-OH is 2. The van der Waals surface area contributed by atoms with Crippen LogP contribution in [0.3, 0.4) is 0 Å². The molecule has 0 fully saturated rings. The maximum Gasteiger partial charge on any atom is 0.107 e. The zero-order valence-corrected chi connectivity index (χ0v) is 8.26. The van der Waals surface area contributed by atoms with E-state index in [0.717, 1.165) is 5.56 Å². The molecule has 3 heteroatoms. The molecule has 0 heterocycles. The fraction of sp³-hybridized carbons (Fsp3) is 0.455. The highest BCUT2D eigenvalue weighted by atomic mass is 16.5. The third kappa shape index (κ3) is 3.46. The monoisotopic (exact) mass is 196 g/mol. The topological polar surface area (TPSA) is 49.7 Å². The molecule has 0 aromatic heterocycles. The predicted octanol–water partition coefficient (Wildman–Crippen LogP) is 0.945. The zero-order valence-electron chi connectivity index (χ0n) is 8.26. The van der Waals surface area contributed by atoms with Gasteiger partial charge in [-0.05, 0) is 12.5 Å². The van der Waals surface area contributed by atoms with Crippen LogP contribution in [0.1, 0.15) is 12.5 Å². The van der Waals surface area contributed by atoms with Crippen molar-refractivity contribution < 1.29 is 14.9 Å². The van der Waals surface area contributed by atoms with Crippen LogP contribution in [-0.4, -0.2) is 29.0 Å². The van der Waals surface area contributed by atoms with Gasteiger partial charge in [-0.15, -0.1) is 0 Å². The van der Waals surface area contributed by atoms with E-state index in [1.807, 2.05) is 30.3 Å². The third-order valence-corrected chi connectivity index (χ3v) is 2.02. The summed E-state index contributed by atoms with van der Waals surface area (Å²) >= 11 is 0. The molecule has 3 nitrogen and oxygen atoms in total. The Morgan fingerprint density at radius 3 is 2.43 bits per heavy atom. The fourth-order valence-electron chi connectivity index (χ4n) is 1.12. The van der Waals surface area contributed by atoms with E-state index in [1.54, 1.807) is 6.92 Å². The Morgan fingerprint density at radius 2 is 1.93 bits per heavy atom. The highest BCUT2D eigenvalue weighted by Crippen LogP contribution is 2.05. The van der Waals surface area contributed by atoms with Gasteiger partial charge in [-0.3, -0.25) is 0 Å². The van der Waals surface area contributed by atoms with Gasteiger partial charge in [-0.2, -0.15) is 0 Å². The van der Waals surface area contributed by atoms with Crippen LogP contribution in [0.4, 0.5) is 0 Å². The van der Waals surface area contributed by atoms with Gasteiger partial charge >= 0.3 is 0 Å². The number of rotatable bonds is 5. The molecule has 0 bridgehead atoms. The van der Waals surface area contributed by atoms with Gasteiger partial charge < -0.3 is 14.9 Å². The van der Waals surface area contributed by atoms with E-state index in [2.05, 4.69) is 0 Å². The molecule has 0 saturated heterocycles. The molecular formula is C11H16O3. The van der Waals surface area contributed by atoms with E-state index in [9.17, 15) is 5.11 Å². The minimum absolute atomic E-state index is 0.162. The molecule has 1 rings (SSSR count). The standard InChI is InChI=1S/C11H16O3/c1-9(13)11(7-12)14-8-10-5-3-2-4-6-10/h2-6,9,11-13H,7-8H2,1H3. The van der Waals surface area contributed by atoms with E-state index >= 15 is 0 Å². The lowest BCUT2D eigenvalue weighted by molar-refractivity contribution is -0.0638. The second-order valence-electron chi connectivity index (χ2n) is 3.26. The molecule has 0 saturated carbocycles. The Balaban J connectivity index is 2.40. The fourth-order valence-corrected chi connectivity index (χ4v) is 1.12. The van der Waals surface area contributed by atoms with Crippen LogP contribution in [0, 0.1) is 0 Å². The van der Waals surface area contributed by atoms with Crippen LogP contribution in [-0.2, 0) is 11.3 Å². The second kappa shape index (κ2) is 5.75. The summed E-state index contributed by atoms with van der Waals surface area (Å²) in [5.74, 6) is 0. The van der Waals surface area contributed by atoms with Gasteiger partial charge in [0.05, 0.1) is 19.3 Å². The molecule has 2 N–H and O–H groups in total. The van der Waals surface area contributed by atoms with Crippen LogP contribution >= 0.6 is 0 Å². The Kier molecular flexibility index (Phi) is 4.59. The van der Waals surface area contributed by atoms with Crippen LogP contribution in [0.5, 0.6) is 0 Å². The van der Waals surface area contributed by atoms with Crippen molar-refractivity contribution in [2.75, 3.05) is 6.61 Å². The average molecular weight is 196 g/mol. The van der Waals surface area contributed by atoms with E-state index in [0.29, 0.717) is 6.61 Å². The van der Waals surface area contributed by atoms with Crippen molar-refractivity contribution >= 4 is 0 Å². The van der Waals surface area contributed by atoms with E-state index in [4.69, 9.17) is 9.84 Å². The lowest BCUT2D eigenvalue weighted by Gasteiger charge is -2.17. The van der Waals surface area contributed by atoms with Crippen molar-refractivity contribution in [3.63, 3.8) is 0 Å². The normalized spacial score (nSPS) is 15.1. The van der Waals surface area contributed by atoms with Crippen LogP contribution in [0.2, 0.25) is 0 Å². The van der Waals surface area contributed by atoms with Crippen molar-refractivity contribution in [3.8, 4) is 0 Å². The SMILES string of the molecule is CC(O)C(CO)OCc1ccccc1. The summed E-state index contributed by atoms with van der Waals surface area (Å²) in [5, 5.41) is 18.1. The molecule has 78 valence electrons. The number of ether oxygens (including phenoxy) is 1. The highest BCUT2D eigenvalue weighted by Gasteiger charge is 2.13. The first kappa shape index (κ1) is 11.2. The molecule has 1 aromatic rings. The summed E-state index contributed by atoms with van der Waals surface area (Å²) in [7, 11) is 0. The van der Waals surface area contributed by atoms with Gasteiger partial charge in [-0.1, -0.05) is 30.3 Å². The highest BCUT2D eigenvalue weighted by molar-refractivity contribution is 5.13. The smallest absolute Gasteiger partial charge is 0.107 e. The third-order valence-electron chi connectivity index (χ3n) is 2.02. The van der Waals surface area contributed by atoms with Crippen molar-refractivity contribution in [1.82, 2.24) is 0 Å². The largest absolute Gasteiger partial charge is 0.394 e. The molecule has 0 aliphatic heterocycles. The van der Waals surface area contributed by atoms with Gasteiger partial charge in [0.2, 0.25) is 0 Å². The lowest BCUT2D eigenvalue weighted by Crippen LogP contribution is -2.29. The first-order valence-corrected chi connectivity index (χ1v) is 4.68. The summed E-state index contributed by atoms with van der Waals surface area (Å²) in [6, 6.07) is 9.67. The molecule has 0 amide bonds. The van der Waals surface area contributed by atoms with E-state index < -0.39 is 12.2 Å². The maximum atomic E-state index is 9.21. The first-order valence-electron chi connectivity index (χ1n) is 4.68. The summed E-state index contributed by atoms with van der Waals surface area (Å²) < 4.78 is 5.34. The predicted molar refractivity (Wildman–Crippen MR) is 53.8 cm³/mol. The lowest BCUT2D eigenvalue weighted by atomic mass is 10.2. The van der Waals surface area contributed by atoms with Crippen molar-refractivity contribution in [3.05, 3.63) is 35.9 Å². The minimum Gasteiger partial charge on any atom is -0.394 e. The van der Waals surface area contributed by atoms with Crippen molar-refractivity contribution in [1.29, 1.82) is 0 Å². The molecule has 0 aliphatic rings. The number of benzene rings is 1. The van der Waals surface area contributed by atoms with E-state index in [-0.39, 0.29) is 6.61 Å². The molecule has 0 spiro atoms. The second-order valence-corrected chi connectivity index (χ2v) is 3.26. The molecule has 0 aliphatic carbocycles. The summed E-state index contributed by atoms with van der Waals surface area (Å²) in [6.45, 7) is 1.85. The van der Waals surface area contributed by atoms with Crippen LogP contribution in [0.15, 0.2) is 30.3 Å². The number of hydrogen-bond acceptors (Lipinski definition) is 3. The number of aliphatic hydroxyl groups is 2. The quantitative estimate of drug-likeness (QED) is 0.737. The van der Waals surface area contributed by atoms with Gasteiger partial charge in [0, 0.05) is 0 Å². The van der Waals surface area contributed by atoms with Gasteiger partial charge in [0.25, 0.3) is 0 Å². The summed E-state index contributed by atoms with van der Waals surface area (Å²) in [5.41, 5.74) is 1.03. The summed E-state index contributed by atoms with van der Waals surface area (Å²) in [6.07, 6.45) is -1.15. The maximum absolute atomic E-state index is 9.21.